The van der Waals surface area contributed by atoms with Crippen molar-refractivity contribution in [1.82, 2.24) is 25.9 Å². The molecule has 10 N–H and O–H groups in total. The fourth-order valence-corrected chi connectivity index (χ4v) is 2.83. The van der Waals surface area contributed by atoms with E-state index in [1.165, 1.54) is 19.4 Å². The summed E-state index contributed by atoms with van der Waals surface area (Å²) in [7, 11) is 0. The van der Waals surface area contributed by atoms with Gasteiger partial charge in [0.25, 0.3) is 0 Å². The van der Waals surface area contributed by atoms with Gasteiger partial charge in [-0.3, -0.25) is 19.2 Å². The van der Waals surface area contributed by atoms with E-state index in [0.717, 1.165) is 0 Å². The first-order chi connectivity index (χ1) is 15.3. The molecule has 0 aliphatic carbocycles. The summed E-state index contributed by atoms with van der Waals surface area (Å²) in [5, 5.41) is 26.0. The maximum atomic E-state index is 12.9. The molecule has 1 heterocycles. The zero-order valence-corrected chi connectivity index (χ0v) is 18.6. The number of imidazole rings is 1. The van der Waals surface area contributed by atoms with E-state index in [9.17, 15) is 34.2 Å². The number of hydrogen-bond donors (Lipinski definition) is 8. The number of aliphatic hydroxyl groups excluding tert-OH is 1. The number of nitrogens with zero attached hydrogens (tertiary/aromatic N) is 1. The molecular weight excluding hydrogens is 438 g/mol. The van der Waals surface area contributed by atoms with E-state index in [0.29, 0.717) is 5.69 Å². The van der Waals surface area contributed by atoms with Gasteiger partial charge in [0.15, 0.2) is 6.04 Å². The van der Waals surface area contributed by atoms with Crippen LogP contribution in [-0.4, -0.2) is 80.1 Å². The van der Waals surface area contributed by atoms with Gasteiger partial charge in [0.1, 0.15) is 12.1 Å². The number of aromatic amines is 1. The van der Waals surface area contributed by atoms with Gasteiger partial charge in [-0.15, -0.1) is 0 Å². The van der Waals surface area contributed by atoms with Crippen molar-refractivity contribution < 1.29 is 34.2 Å². The van der Waals surface area contributed by atoms with Crippen LogP contribution in [0.5, 0.6) is 0 Å². The van der Waals surface area contributed by atoms with Gasteiger partial charge in [0.2, 0.25) is 23.6 Å². The predicted octanol–water partition coefficient (Wildman–Crippen LogP) is -3.27. The third-order valence-corrected chi connectivity index (χ3v) is 4.66. The number of H-pyrrole nitrogens is 1. The van der Waals surface area contributed by atoms with Crippen LogP contribution in [-0.2, 0) is 30.4 Å². The van der Waals surface area contributed by atoms with Crippen LogP contribution in [0.4, 0.5) is 0 Å². The number of rotatable bonds is 13. The molecule has 1 rings (SSSR count). The number of primary amides is 1. The van der Waals surface area contributed by atoms with Gasteiger partial charge in [-0.05, 0) is 12.8 Å². The number of nitrogens with one attached hydrogen (secondary N) is 4. The molecule has 14 nitrogen and oxygen atoms in total. The minimum atomic E-state index is -1.61. The summed E-state index contributed by atoms with van der Waals surface area (Å²) in [5.41, 5.74) is 11.1. The molecule has 33 heavy (non-hydrogen) atoms. The molecule has 14 heteroatoms. The number of carbonyl (C=O) groups excluding carboxylic acids is 4. The summed E-state index contributed by atoms with van der Waals surface area (Å²) in [4.78, 5) is 66.9. The van der Waals surface area contributed by atoms with Gasteiger partial charge in [-0.1, -0.05) is 13.8 Å². The van der Waals surface area contributed by atoms with Crippen molar-refractivity contribution in [3.05, 3.63) is 18.2 Å². The van der Waals surface area contributed by atoms with E-state index < -0.39 is 72.2 Å². The second kappa shape index (κ2) is 12.5. The minimum Gasteiger partial charge on any atom is -0.480 e. The van der Waals surface area contributed by atoms with E-state index in [2.05, 4.69) is 25.9 Å². The van der Waals surface area contributed by atoms with Crippen LogP contribution in [0.2, 0.25) is 0 Å². The fraction of sp³-hybridized carbons (Fsp3) is 0.579. The average molecular weight is 469 g/mol. The molecule has 4 amide bonds. The molecule has 5 atom stereocenters. The van der Waals surface area contributed by atoms with E-state index >= 15 is 0 Å². The molecule has 184 valence electrons. The number of hydrogen-bond acceptors (Lipinski definition) is 8. The lowest BCUT2D eigenvalue weighted by molar-refractivity contribution is -0.145. The number of aliphatic carboxylic acids is 1. The monoisotopic (exact) mass is 469 g/mol. The molecule has 0 fully saturated rings. The predicted molar refractivity (Wildman–Crippen MR) is 114 cm³/mol. The number of nitrogens with two attached hydrogens (primary N) is 2. The van der Waals surface area contributed by atoms with Crippen molar-refractivity contribution in [2.24, 2.45) is 17.4 Å². The van der Waals surface area contributed by atoms with Crippen molar-refractivity contribution in [3.8, 4) is 0 Å². The minimum absolute atomic E-state index is 0.0797. The molecule has 0 aliphatic rings. The van der Waals surface area contributed by atoms with Crippen molar-refractivity contribution in [2.75, 3.05) is 0 Å². The Balaban J connectivity index is 3.03. The smallest absolute Gasteiger partial charge is 0.328 e. The Labute approximate surface area is 189 Å². The first-order valence-electron chi connectivity index (χ1n) is 10.2. The summed E-state index contributed by atoms with van der Waals surface area (Å²) in [5.74, 6) is -5.07. The Kier molecular flexibility index (Phi) is 10.4. The second-order valence-electron chi connectivity index (χ2n) is 7.91. The van der Waals surface area contributed by atoms with Crippen molar-refractivity contribution in [1.29, 1.82) is 0 Å². The van der Waals surface area contributed by atoms with Gasteiger partial charge in [0, 0.05) is 18.3 Å². The summed E-state index contributed by atoms with van der Waals surface area (Å²) < 4.78 is 0. The highest BCUT2D eigenvalue weighted by Gasteiger charge is 2.33. The highest BCUT2D eigenvalue weighted by molar-refractivity contribution is 5.95. The number of carboxylic acid groups (broad SMARTS) is 1. The van der Waals surface area contributed by atoms with Crippen LogP contribution in [0.3, 0.4) is 0 Å². The highest BCUT2D eigenvalue weighted by Crippen LogP contribution is 2.07. The quantitative estimate of drug-likeness (QED) is 0.144. The molecular formula is C19H31N7O7. The molecule has 1 aromatic rings. The molecule has 5 unspecified atom stereocenters. The summed E-state index contributed by atoms with van der Waals surface area (Å²) in [6.07, 6.45) is 0.881. The number of aromatic nitrogens is 2. The third-order valence-electron chi connectivity index (χ3n) is 4.66. The second-order valence-corrected chi connectivity index (χ2v) is 7.91. The van der Waals surface area contributed by atoms with Gasteiger partial charge in [-0.25, -0.2) is 9.78 Å². The zero-order chi connectivity index (χ0) is 25.3. The van der Waals surface area contributed by atoms with Gasteiger partial charge in [0.05, 0.1) is 24.9 Å². The number of amides is 4. The Morgan fingerprint density at radius 2 is 1.64 bits per heavy atom. The Morgan fingerprint density at radius 1 is 1.03 bits per heavy atom. The number of carbonyl (C=O) groups is 5. The van der Waals surface area contributed by atoms with Crippen LogP contribution in [0.1, 0.15) is 32.9 Å². The molecule has 0 saturated carbocycles. The highest BCUT2D eigenvalue weighted by atomic mass is 16.4. The first-order valence-corrected chi connectivity index (χ1v) is 10.2. The van der Waals surface area contributed by atoms with Crippen molar-refractivity contribution >= 4 is 29.6 Å². The maximum absolute atomic E-state index is 12.9. The van der Waals surface area contributed by atoms with E-state index in [4.69, 9.17) is 11.5 Å². The van der Waals surface area contributed by atoms with E-state index in [1.54, 1.807) is 13.8 Å². The molecule has 0 aromatic carbocycles. The van der Waals surface area contributed by atoms with Crippen molar-refractivity contribution in [2.45, 2.75) is 63.9 Å². The average Bonchev–Trinajstić information content (AvgIpc) is 3.20. The van der Waals surface area contributed by atoms with E-state index in [1.807, 2.05) is 0 Å². The van der Waals surface area contributed by atoms with Gasteiger partial charge >= 0.3 is 5.97 Å². The lowest BCUT2D eigenvalue weighted by Crippen LogP contribution is -2.59. The fourth-order valence-electron chi connectivity index (χ4n) is 2.83. The van der Waals surface area contributed by atoms with E-state index in [-0.39, 0.29) is 6.42 Å². The van der Waals surface area contributed by atoms with Crippen LogP contribution in [0.25, 0.3) is 0 Å². The third kappa shape index (κ3) is 8.86. The maximum Gasteiger partial charge on any atom is 0.328 e. The van der Waals surface area contributed by atoms with Gasteiger partial charge < -0.3 is 42.6 Å². The van der Waals surface area contributed by atoms with Crippen LogP contribution < -0.4 is 27.4 Å². The van der Waals surface area contributed by atoms with Crippen LogP contribution >= 0.6 is 0 Å². The van der Waals surface area contributed by atoms with Gasteiger partial charge in [-0.2, -0.15) is 0 Å². The molecule has 0 bridgehead atoms. The summed E-state index contributed by atoms with van der Waals surface area (Å²) >= 11 is 0. The normalized spacial score (nSPS) is 15.6. The first kappa shape index (κ1) is 27.5. The van der Waals surface area contributed by atoms with Crippen LogP contribution in [0, 0.1) is 5.92 Å². The Hall–Kier alpha value is -3.52. The standard InChI is InChI=1S/C19H31N7O7/c1-8(2)14(25-16(29)11(20)5-13(21)28)18(31)24-12(4-10-6-22-7-23-10)17(30)26-15(9(3)27)19(32)33/h6-9,11-12,14-15,27H,4-5,20H2,1-3H3,(H2,21,28)(H,22,23)(H,24,31)(H,25,29)(H,26,30)(H,32,33). The molecule has 0 spiro atoms. The summed E-state index contributed by atoms with van der Waals surface area (Å²) in [6, 6.07) is -5.26. The number of aliphatic hydroxyl groups is 1. The SMILES string of the molecule is CC(C)C(NC(=O)C(N)CC(N)=O)C(=O)NC(Cc1cnc[nH]1)C(=O)NC(C(=O)O)C(C)O. The Morgan fingerprint density at radius 3 is 2.09 bits per heavy atom. The lowest BCUT2D eigenvalue weighted by Gasteiger charge is -2.27. The molecule has 1 aromatic heterocycles. The van der Waals surface area contributed by atoms with Crippen molar-refractivity contribution in [3.63, 3.8) is 0 Å². The molecule has 0 aliphatic heterocycles. The summed E-state index contributed by atoms with van der Waals surface area (Å²) in [6.45, 7) is 4.48. The largest absolute Gasteiger partial charge is 0.480 e. The topological polar surface area (TPSA) is 243 Å². The zero-order valence-electron chi connectivity index (χ0n) is 18.6. The molecule has 0 saturated heterocycles. The number of carboxylic acids is 1. The molecule has 0 radical (unpaired) electrons. The van der Waals surface area contributed by atoms with Crippen LogP contribution in [0.15, 0.2) is 12.5 Å². The lowest BCUT2D eigenvalue weighted by atomic mass is 10.0. The Bertz CT molecular complexity index is 842.